The minimum Gasteiger partial charge on any atom is -0.395 e. The number of aliphatic hydroxyl groups is 1. The molecule has 0 aliphatic carbocycles. The Kier molecular flexibility index (Phi) is 6.20. The van der Waals surface area contributed by atoms with Crippen molar-refractivity contribution in [2.24, 2.45) is 5.92 Å². The summed E-state index contributed by atoms with van der Waals surface area (Å²) in [6.45, 7) is 1.85. The average molecular weight is 355 g/mol. The number of pyridine rings is 1. The fourth-order valence-corrected chi connectivity index (χ4v) is 3.18. The van der Waals surface area contributed by atoms with Crippen molar-refractivity contribution < 1.29 is 14.6 Å². The molecule has 26 heavy (non-hydrogen) atoms. The predicted molar refractivity (Wildman–Crippen MR) is 100 cm³/mol. The Morgan fingerprint density at radius 2 is 1.96 bits per heavy atom. The molecule has 0 radical (unpaired) electrons. The van der Waals surface area contributed by atoms with Gasteiger partial charge in [-0.15, -0.1) is 0 Å². The number of hydrogen-bond donors (Lipinski definition) is 2. The summed E-state index contributed by atoms with van der Waals surface area (Å²) < 4.78 is 5.60. The Balaban J connectivity index is 1.59. The largest absolute Gasteiger partial charge is 0.395 e. The molecule has 2 aromatic rings. The van der Waals surface area contributed by atoms with Gasteiger partial charge in [0.15, 0.2) is 0 Å². The summed E-state index contributed by atoms with van der Waals surface area (Å²) in [5, 5.41) is 12.1. The number of benzene rings is 1. The van der Waals surface area contributed by atoms with Crippen LogP contribution in [-0.2, 0) is 11.2 Å². The van der Waals surface area contributed by atoms with Crippen LogP contribution in [-0.4, -0.2) is 55.5 Å². The van der Waals surface area contributed by atoms with Crippen LogP contribution in [0.15, 0.2) is 48.8 Å². The maximum absolute atomic E-state index is 12.6. The zero-order valence-electron chi connectivity index (χ0n) is 15.0. The minimum absolute atomic E-state index is 0.00686. The number of carbonyl (C=O) groups excluding carboxylic acids is 1. The van der Waals surface area contributed by atoms with Gasteiger partial charge < -0.3 is 20.1 Å². The number of amides is 1. The van der Waals surface area contributed by atoms with Crippen LogP contribution in [0.4, 0.5) is 5.69 Å². The van der Waals surface area contributed by atoms with E-state index in [1.54, 1.807) is 12.4 Å². The van der Waals surface area contributed by atoms with Crippen LogP contribution in [0.5, 0.6) is 0 Å². The number of carbonyl (C=O) groups is 1. The number of hydrogen-bond acceptors (Lipinski definition) is 5. The summed E-state index contributed by atoms with van der Waals surface area (Å²) in [5.41, 5.74) is 2.79. The number of likely N-dealkylation sites (N-methyl/N-ethyl adjacent to an activating group) is 1. The second-order valence-corrected chi connectivity index (χ2v) is 6.63. The molecule has 1 amide bonds. The fourth-order valence-electron chi connectivity index (χ4n) is 3.18. The van der Waals surface area contributed by atoms with Gasteiger partial charge >= 0.3 is 0 Å². The maximum Gasteiger partial charge on any atom is 0.251 e. The lowest BCUT2D eigenvalue weighted by atomic mass is 9.95. The number of ether oxygens (including phenoxy) is 1. The van der Waals surface area contributed by atoms with E-state index in [4.69, 9.17) is 9.84 Å². The highest BCUT2D eigenvalue weighted by Gasteiger charge is 2.29. The van der Waals surface area contributed by atoms with Gasteiger partial charge in [-0.3, -0.25) is 9.78 Å². The van der Waals surface area contributed by atoms with Gasteiger partial charge in [0.25, 0.3) is 5.91 Å². The highest BCUT2D eigenvalue weighted by atomic mass is 16.5. The van der Waals surface area contributed by atoms with E-state index in [9.17, 15) is 4.79 Å². The molecule has 1 aliphatic heterocycles. The number of nitrogens with one attached hydrogen (secondary N) is 1. The van der Waals surface area contributed by atoms with E-state index in [1.807, 2.05) is 48.3 Å². The summed E-state index contributed by atoms with van der Waals surface area (Å²) in [7, 11) is 1.91. The van der Waals surface area contributed by atoms with Crippen LogP contribution in [0.1, 0.15) is 15.9 Å². The molecular weight excluding hydrogens is 330 g/mol. The van der Waals surface area contributed by atoms with Crippen molar-refractivity contribution in [2.75, 3.05) is 38.3 Å². The maximum atomic E-state index is 12.6. The molecule has 2 N–H and O–H groups in total. The summed E-state index contributed by atoms with van der Waals surface area (Å²) in [4.78, 5) is 18.6. The van der Waals surface area contributed by atoms with Gasteiger partial charge in [0.1, 0.15) is 0 Å². The molecule has 138 valence electrons. The number of aromatic nitrogens is 1. The van der Waals surface area contributed by atoms with Gasteiger partial charge in [-0.25, -0.2) is 0 Å². The minimum atomic E-state index is -0.0865. The van der Waals surface area contributed by atoms with Gasteiger partial charge in [0.05, 0.1) is 25.9 Å². The zero-order valence-corrected chi connectivity index (χ0v) is 15.0. The molecule has 1 fully saturated rings. The molecule has 6 nitrogen and oxygen atoms in total. The van der Waals surface area contributed by atoms with Gasteiger partial charge in [0.2, 0.25) is 0 Å². The van der Waals surface area contributed by atoms with Crippen LogP contribution >= 0.6 is 0 Å². The van der Waals surface area contributed by atoms with Crippen molar-refractivity contribution in [2.45, 2.75) is 12.5 Å². The monoisotopic (exact) mass is 355 g/mol. The van der Waals surface area contributed by atoms with E-state index in [1.165, 1.54) is 5.56 Å². The topological polar surface area (TPSA) is 74.7 Å². The lowest BCUT2D eigenvalue weighted by molar-refractivity contribution is 0.0925. The van der Waals surface area contributed by atoms with E-state index in [2.05, 4.69) is 10.3 Å². The van der Waals surface area contributed by atoms with E-state index < -0.39 is 0 Å². The Morgan fingerprint density at radius 3 is 2.65 bits per heavy atom. The lowest BCUT2D eigenvalue weighted by Crippen LogP contribution is -2.40. The molecule has 2 heterocycles. The highest BCUT2D eigenvalue weighted by Crippen LogP contribution is 2.20. The van der Waals surface area contributed by atoms with Crippen molar-refractivity contribution in [3.8, 4) is 0 Å². The third-order valence-corrected chi connectivity index (χ3v) is 4.77. The summed E-state index contributed by atoms with van der Waals surface area (Å²) >= 11 is 0. The first-order valence-corrected chi connectivity index (χ1v) is 8.87. The first kappa shape index (κ1) is 18.4. The smallest absolute Gasteiger partial charge is 0.251 e. The second kappa shape index (κ2) is 8.78. The van der Waals surface area contributed by atoms with Gasteiger partial charge in [-0.2, -0.15) is 0 Å². The third-order valence-electron chi connectivity index (χ3n) is 4.77. The molecule has 2 atom stereocenters. The van der Waals surface area contributed by atoms with Crippen LogP contribution in [0.25, 0.3) is 0 Å². The highest BCUT2D eigenvalue weighted by molar-refractivity contribution is 5.94. The molecule has 6 heteroatoms. The third kappa shape index (κ3) is 4.59. The summed E-state index contributed by atoms with van der Waals surface area (Å²) in [5.74, 6) is 0.174. The van der Waals surface area contributed by atoms with Crippen LogP contribution in [0, 0.1) is 5.92 Å². The molecular formula is C20H25N3O3. The van der Waals surface area contributed by atoms with E-state index >= 15 is 0 Å². The zero-order chi connectivity index (χ0) is 18.4. The fraction of sp³-hybridized carbons (Fsp3) is 0.400. The molecule has 0 spiro atoms. The standard InChI is InChI=1S/C20H25N3O3/c1-23(10-11-24)18-4-2-16(3-5-18)20(25)22-19-14-26-13-17(19)12-15-6-8-21-9-7-15/h2-9,17,19,24H,10-14H2,1H3,(H,22,25)/t17-,19+/m1/s1. The lowest BCUT2D eigenvalue weighted by Gasteiger charge is -2.20. The Hall–Kier alpha value is -2.44. The Bertz CT molecular complexity index is 706. The van der Waals surface area contributed by atoms with E-state index in [0.29, 0.717) is 25.3 Å². The van der Waals surface area contributed by atoms with Gasteiger partial charge in [-0.1, -0.05) is 0 Å². The van der Waals surface area contributed by atoms with Gasteiger partial charge in [-0.05, 0) is 48.4 Å². The van der Waals surface area contributed by atoms with Crippen molar-refractivity contribution in [3.05, 3.63) is 59.9 Å². The number of aliphatic hydroxyl groups excluding tert-OH is 1. The second-order valence-electron chi connectivity index (χ2n) is 6.63. The van der Waals surface area contributed by atoms with Crippen LogP contribution < -0.4 is 10.2 Å². The van der Waals surface area contributed by atoms with E-state index in [0.717, 1.165) is 12.1 Å². The van der Waals surface area contributed by atoms with Crippen LogP contribution in [0.3, 0.4) is 0 Å². The van der Waals surface area contributed by atoms with Crippen molar-refractivity contribution >= 4 is 11.6 Å². The number of rotatable bonds is 7. The summed E-state index contributed by atoms with van der Waals surface area (Å²) in [6.07, 6.45) is 4.43. The van der Waals surface area contributed by atoms with Crippen molar-refractivity contribution in [1.29, 1.82) is 0 Å². The van der Waals surface area contributed by atoms with Crippen LogP contribution in [0.2, 0.25) is 0 Å². The Labute approximate surface area is 153 Å². The molecule has 3 rings (SSSR count). The number of nitrogens with zero attached hydrogens (tertiary/aromatic N) is 2. The first-order chi connectivity index (χ1) is 12.7. The average Bonchev–Trinajstić information content (AvgIpc) is 3.09. The molecule has 1 aromatic heterocycles. The molecule has 0 saturated carbocycles. The number of anilines is 1. The van der Waals surface area contributed by atoms with Crippen molar-refractivity contribution in [3.63, 3.8) is 0 Å². The SMILES string of the molecule is CN(CCO)c1ccc(C(=O)N[C@H]2COC[C@H]2Cc2ccncc2)cc1. The summed E-state index contributed by atoms with van der Waals surface area (Å²) in [6, 6.07) is 11.4. The Morgan fingerprint density at radius 1 is 1.23 bits per heavy atom. The quantitative estimate of drug-likeness (QED) is 0.787. The molecule has 0 unspecified atom stereocenters. The molecule has 1 saturated heterocycles. The van der Waals surface area contributed by atoms with E-state index in [-0.39, 0.29) is 24.5 Å². The molecule has 1 aromatic carbocycles. The normalized spacial score (nSPS) is 19.3. The predicted octanol–water partition coefficient (Wildman–Crippen LogP) is 1.50. The van der Waals surface area contributed by atoms with Crippen molar-refractivity contribution in [1.82, 2.24) is 10.3 Å². The molecule has 1 aliphatic rings. The molecule has 0 bridgehead atoms. The first-order valence-electron chi connectivity index (χ1n) is 8.87. The van der Waals surface area contributed by atoms with Gasteiger partial charge in [0, 0.05) is 43.2 Å².